The first-order chi connectivity index (χ1) is 8.98. The number of carbonyl (C=O) groups excluding carboxylic acids is 1. The minimum absolute atomic E-state index is 0.402. The van der Waals surface area contributed by atoms with Gasteiger partial charge in [0, 0.05) is 0 Å². The molecule has 1 atom stereocenters. The molecular formula is C12H14NO4P. The van der Waals surface area contributed by atoms with Crippen LogP contribution in [0, 0.1) is 5.63 Å². The molecule has 0 unspecified atom stereocenters. The molecule has 0 saturated carbocycles. The zero-order chi connectivity index (χ0) is 14.3. The first kappa shape index (κ1) is 12.9. The standard InChI is InChI=1S/C12H14NO4P/c1-9(2)16-12(14)11(8-18-15)13-17-10-6-4-3-5-7-10/h3-7,9,11,13H,1-2H3/t11-/m0/s1/i11D. The number of esters is 1. The van der Waals surface area contributed by atoms with Crippen LogP contribution in [0.15, 0.2) is 30.3 Å². The van der Waals surface area contributed by atoms with E-state index in [2.05, 4.69) is 11.1 Å². The van der Waals surface area contributed by atoms with Gasteiger partial charge in [-0.1, -0.05) is 0 Å². The molecule has 5 nitrogen and oxygen atoms in total. The van der Waals surface area contributed by atoms with Crippen molar-refractivity contribution < 1.29 is 20.3 Å². The van der Waals surface area contributed by atoms with E-state index in [9.17, 15) is 9.36 Å². The summed E-state index contributed by atoms with van der Waals surface area (Å²) in [5.74, 6) is -0.539. The fraction of sp³-hybridized carbons (Fsp3) is 0.333. The molecule has 1 N–H and O–H groups in total. The first-order valence-electron chi connectivity index (χ1n) is 5.77. The first-order valence-corrected chi connectivity index (χ1v) is 6.09. The van der Waals surface area contributed by atoms with Crippen molar-refractivity contribution in [2.45, 2.75) is 26.0 Å². The second kappa shape index (κ2) is 7.72. The quantitative estimate of drug-likeness (QED) is 0.503. The molecule has 1 rings (SSSR count). The summed E-state index contributed by atoms with van der Waals surface area (Å²) in [6.07, 6.45) is -0.402. The summed E-state index contributed by atoms with van der Waals surface area (Å²) in [5.41, 5.74) is 4.30. The third kappa shape index (κ3) is 5.19. The number of hydroxylamine groups is 1. The fourth-order valence-corrected chi connectivity index (χ4v) is 1.26. The second-order valence-electron chi connectivity index (χ2n) is 3.55. The Kier molecular flexibility index (Phi) is 5.54. The van der Waals surface area contributed by atoms with Gasteiger partial charge in [-0.3, -0.25) is 0 Å². The van der Waals surface area contributed by atoms with Gasteiger partial charge >= 0.3 is 107 Å². The molecule has 0 radical (unpaired) electrons. The van der Waals surface area contributed by atoms with E-state index in [1.54, 1.807) is 44.2 Å². The number of hydrogen-bond acceptors (Lipinski definition) is 5. The van der Waals surface area contributed by atoms with Gasteiger partial charge in [0.15, 0.2) is 0 Å². The summed E-state index contributed by atoms with van der Waals surface area (Å²) in [4.78, 5) is 16.8. The Morgan fingerprint density at radius 2 is 2.11 bits per heavy atom. The Bertz CT molecular complexity index is 531. The third-order valence-corrected chi connectivity index (χ3v) is 2.03. The number of hydrogen-bond donors (Lipinski definition) is 1. The number of nitrogens with one attached hydrogen (secondary N) is 1. The minimum atomic E-state index is -2.16. The molecule has 0 aromatic heterocycles. The van der Waals surface area contributed by atoms with Crippen LogP contribution in [0.25, 0.3) is 0 Å². The van der Waals surface area contributed by atoms with E-state index in [4.69, 9.17) is 10.9 Å². The van der Waals surface area contributed by atoms with Crippen LogP contribution >= 0.6 is 7.92 Å². The molecule has 1 aromatic rings. The van der Waals surface area contributed by atoms with E-state index in [-0.39, 0.29) is 0 Å². The maximum atomic E-state index is 11.7. The van der Waals surface area contributed by atoms with Crippen LogP contribution in [-0.2, 0) is 14.1 Å². The van der Waals surface area contributed by atoms with Crippen LogP contribution in [-0.4, -0.2) is 18.1 Å². The zero-order valence-corrected chi connectivity index (χ0v) is 10.9. The summed E-state index contributed by atoms with van der Waals surface area (Å²) in [6, 6.07) is 6.36. The Labute approximate surface area is 108 Å². The molecule has 6 heteroatoms. The molecule has 96 valence electrons. The SMILES string of the molecule is [2H][C@@](C#P=O)(NOc1ccccc1)C(=O)OC(C)C. The third-order valence-electron chi connectivity index (χ3n) is 1.72. The summed E-state index contributed by atoms with van der Waals surface area (Å²) < 4.78 is 23.3. The molecule has 0 spiro atoms. The van der Waals surface area contributed by atoms with Crippen molar-refractivity contribution in [1.82, 2.24) is 5.48 Å². The van der Waals surface area contributed by atoms with Crippen molar-refractivity contribution in [2.75, 3.05) is 0 Å². The maximum absolute atomic E-state index is 11.7. The Morgan fingerprint density at radius 3 is 2.67 bits per heavy atom. The van der Waals surface area contributed by atoms with Crippen LogP contribution < -0.4 is 10.3 Å². The van der Waals surface area contributed by atoms with E-state index in [1.165, 1.54) is 0 Å². The Morgan fingerprint density at radius 1 is 1.44 bits per heavy atom. The molecule has 0 amide bonds. The zero-order valence-electron chi connectivity index (χ0n) is 11.0. The monoisotopic (exact) mass is 268 g/mol. The topological polar surface area (TPSA) is 64.6 Å². The van der Waals surface area contributed by atoms with Gasteiger partial charge in [0.05, 0.1) is 0 Å². The molecule has 0 aliphatic heterocycles. The molecule has 0 aliphatic carbocycles. The molecule has 0 bridgehead atoms. The number of para-hydroxylation sites is 1. The van der Waals surface area contributed by atoms with Crippen LogP contribution in [0.2, 0.25) is 0 Å². The number of benzene rings is 1. The Hall–Kier alpha value is -1.54. The van der Waals surface area contributed by atoms with Gasteiger partial charge in [-0.15, -0.1) is 0 Å². The average molecular weight is 268 g/mol. The van der Waals surface area contributed by atoms with Crippen LogP contribution in [0.3, 0.4) is 0 Å². The molecule has 18 heavy (non-hydrogen) atoms. The molecular weight excluding hydrogens is 253 g/mol. The van der Waals surface area contributed by atoms with Crippen LogP contribution in [0.1, 0.15) is 15.2 Å². The molecule has 0 heterocycles. The van der Waals surface area contributed by atoms with Gasteiger partial charge in [-0.25, -0.2) is 0 Å². The predicted octanol–water partition coefficient (Wildman–Crippen LogP) is 2.14. The van der Waals surface area contributed by atoms with Crippen molar-refractivity contribution in [3.63, 3.8) is 0 Å². The summed E-state index contributed by atoms with van der Waals surface area (Å²) >= 11 is 0. The van der Waals surface area contributed by atoms with Crippen LogP contribution in [0.4, 0.5) is 0 Å². The molecule has 0 fully saturated rings. The van der Waals surface area contributed by atoms with Gasteiger partial charge in [0.25, 0.3) is 0 Å². The van der Waals surface area contributed by atoms with Gasteiger partial charge in [0.1, 0.15) is 0 Å². The van der Waals surface area contributed by atoms with E-state index in [0.717, 1.165) is 0 Å². The van der Waals surface area contributed by atoms with Crippen molar-refractivity contribution >= 4 is 13.9 Å². The fourth-order valence-electron chi connectivity index (χ4n) is 1.03. The average Bonchev–Trinajstić information content (AvgIpc) is 2.37. The Balaban J connectivity index is 2.79. The summed E-state index contributed by atoms with van der Waals surface area (Å²) in [7, 11) is -0.598. The summed E-state index contributed by atoms with van der Waals surface area (Å²) in [5, 5.41) is 0. The van der Waals surface area contributed by atoms with Gasteiger partial charge in [-0.2, -0.15) is 0 Å². The normalized spacial score (nSPS) is 14.1. The van der Waals surface area contributed by atoms with Gasteiger partial charge in [0.2, 0.25) is 0 Å². The second-order valence-corrected chi connectivity index (χ2v) is 3.96. The van der Waals surface area contributed by atoms with Crippen LogP contribution in [0.5, 0.6) is 5.75 Å². The number of carbonyl (C=O) groups is 1. The molecule has 0 aliphatic rings. The number of rotatable bonds is 5. The molecule has 1 aromatic carbocycles. The molecule has 0 saturated heterocycles. The van der Waals surface area contributed by atoms with Crippen molar-refractivity contribution in [1.29, 1.82) is 0 Å². The summed E-state index contributed by atoms with van der Waals surface area (Å²) in [6.45, 7) is 3.29. The van der Waals surface area contributed by atoms with Crippen molar-refractivity contribution in [3.8, 4) is 11.4 Å². The van der Waals surface area contributed by atoms with Gasteiger partial charge < -0.3 is 0 Å². The predicted molar refractivity (Wildman–Crippen MR) is 66.7 cm³/mol. The number of ether oxygens (including phenoxy) is 1. The van der Waals surface area contributed by atoms with E-state index < -0.39 is 26.0 Å². The van der Waals surface area contributed by atoms with E-state index >= 15 is 0 Å². The van der Waals surface area contributed by atoms with Gasteiger partial charge in [-0.05, 0) is 0 Å². The van der Waals surface area contributed by atoms with Crippen molar-refractivity contribution in [3.05, 3.63) is 30.3 Å². The van der Waals surface area contributed by atoms with Crippen molar-refractivity contribution in [2.24, 2.45) is 0 Å². The van der Waals surface area contributed by atoms with E-state index in [0.29, 0.717) is 5.75 Å². The van der Waals surface area contributed by atoms with E-state index in [1.807, 2.05) is 0 Å².